The monoisotopic (exact) mass is 218 g/mol. The summed E-state index contributed by atoms with van der Waals surface area (Å²) >= 11 is 0. The first-order chi connectivity index (χ1) is 7.65. The summed E-state index contributed by atoms with van der Waals surface area (Å²) in [5.74, 6) is 0.787. The molecule has 16 heavy (non-hydrogen) atoms. The van der Waals surface area contributed by atoms with Crippen LogP contribution in [0.3, 0.4) is 0 Å². The molecule has 88 valence electrons. The number of aryl methyl sites for hydroxylation is 2. The van der Waals surface area contributed by atoms with Gasteiger partial charge in [-0.1, -0.05) is 0 Å². The standard InChI is InChI=1S/C14H22N2/c1-10-7-13(8-11(2)16-10)9-14-5-4-6-15-12(14)3/h7-8,12,14-15H,4-6,9H2,1-3H3/t12-,14?/m1/s1. The highest BCUT2D eigenvalue weighted by atomic mass is 14.9. The number of hydrogen-bond donors (Lipinski definition) is 1. The molecule has 0 aromatic carbocycles. The van der Waals surface area contributed by atoms with Gasteiger partial charge < -0.3 is 5.32 Å². The Hall–Kier alpha value is -0.890. The molecule has 2 rings (SSSR count). The Morgan fingerprint density at radius 2 is 2.00 bits per heavy atom. The highest BCUT2D eigenvalue weighted by molar-refractivity contribution is 5.21. The Balaban J connectivity index is 2.07. The van der Waals surface area contributed by atoms with Crippen molar-refractivity contribution in [2.75, 3.05) is 6.54 Å². The first kappa shape index (κ1) is 11.6. The van der Waals surface area contributed by atoms with Gasteiger partial charge in [-0.3, -0.25) is 4.98 Å². The SMILES string of the molecule is Cc1cc(CC2CCCN[C@@H]2C)cc(C)n1. The van der Waals surface area contributed by atoms with Crippen LogP contribution in [0.2, 0.25) is 0 Å². The van der Waals surface area contributed by atoms with Gasteiger partial charge in [-0.2, -0.15) is 0 Å². The van der Waals surface area contributed by atoms with Crippen LogP contribution >= 0.6 is 0 Å². The summed E-state index contributed by atoms with van der Waals surface area (Å²) in [7, 11) is 0. The summed E-state index contributed by atoms with van der Waals surface area (Å²) in [4.78, 5) is 4.43. The predicted molar refractivity (Wildman–Crippen MR) is 67.6 cm³/mol. The van der Waals surface area contributed by atoms with Crippen molar-refractivity contribution in [3.63, 3.8) is 0 Å². The minimum atomic E-state index is 0.655. The molecule has 0 bridgehead atoms. The van der Waals surface area contributed by atoms with Crippen LogP contribution in [-0.4, -0.2) is 17.6 Å². The summed E-state index contributed by atoms with van der Waals surface area (Å²) in [5.41, 5.74) is 3.74. The van der Waals surface area contributed by atoms with Gasteiger partial charge in [-0.05, 0) is 70.2 Å². The lowest BCUT2D eigenvalue weighted by Gasteiger charge is -2.30. The second kappa shape index (κ2) is 4.96. The van der Waals surface area contributed by atoms with E-state index in [4.69, 9.17) is 0 Å². The number of nitrogens with zero attached hydrogens (tertiary/aromatic N) is 1. The lowest BCUT2D eigenvalue weighted by molar-refractivity contribution is 0.295. The van der Waals surface area contributed by atoms with Gasteiger partial charge in [-0.25, -0.2) is 0 Å². The Kier molecular flexibility index (Phi) is 3.59. The molecular formula is C14H22N2. The van der Waals surface area contributed by atoms with E-state index >= 15 is 0 Å². The van der Waals surface area contributed by atoms with Crippen LogP contribution < -0.4 is 5.32 Å². The highest BCUT2D eigenvalue weighted by Crippen LogP contribution is 2.21. The summed E-state index contributed by atoms with van der Waals surface area (Å²) in [6, 6.07) is 5.12. The maximum Gasteiger partial charge on any atom is 0.0378 e. The Labute approximate surface area is 98.5 Å². The van der Waals surface area contributed by atoms with E-state index in [1.807, 2.05) is 0 Å². The van der Waals surface area contributed by atoms with Crippen LogP contribution in [0, 0.1) is 19.8 Å². The maximum absolute atomic E-state index is 4.43. The van der Waals surface area contributed by atoms with Crippen molar-refractivity contribution in [2.45, 2.75) is 46.1 Å². The van der Waals surface area contributed by atoms with Crippen molar-refractivity contribution in [3.8, 4) is 0 Å². The summed E-state index contributed by atoms with van der Waals surface area (Å²) in [6.45, 7) is 7.66. The summed E-state index contributed by atoms with van der Waals surface area (Å²) in [6.07, 6.45) is 3.87. The first-order valence-corrected chi connectivity index (χ1v) is 6.32. The van der Waals surface area contributed by atoms with E-state index in [1.54, 1.807) is 0 Å². The molecule has 2 atom stereocenters. The lowest BCUT2D eigenvalue weighted by Crippen LogP contribution is -2.39. The molecule has 2 heterocycles. The maximum atomic E-state index is 4.43. The number of pyridine rings is 1. The zero-order valence-corrected chi connectivity index (χ0v) is 10.6. The van der Waals surface area contributed by atoms with Crippen LogP contribution in [0.4, 0.5) is 0 Å². The average molecular weight is 218 g/mol. The van der Waals surface area contributed by atoms with Gasteiger partial charge in [0.15, 0.2) is 0 Å². The van der Waals surface area contributed by atoms with E-state index in [1.165, 1.54) is 31.4 Å². The van der Waals surface area contributed by atoms with Gasteiger partial charge in [0.1, 0.15) is 0 Å². The zero-order chi connectivity index (χ0) is 11.5. The van der Waals surface area contributed by atoms with Gasteiger partial charge in [0, 0.05) is 17.4 Å². The third-order valence-electron chi connectivity index (χ3n) is 3.56. The molecule has 1 aromatic rings. The zero-order valence-electron chi connectivity index (χ0n) is 10.6. The Bertz CT molecular complexity index is 340. The molecule has 0 spiro atoms. The molecule has 1 N–H and O–H groups in total. The van der Waals surface area contributed by atoms with E-state index < -0.39 is 0 Å². The molecule has 2 heteroatoms. The first-order valence-electron chi connectivity index (χ1n) is 6.32. The topological polar surface area (TPSA) is 24.9 Å². The molecule has 0 aliphatic carbocycles. The van der Waals surface area contributed by atoms with Gasteiger partial charge >= 0.3 is 0 Å². The second-order valence-corrected chi connectivity index (χ2v) is 5.11. The second-order valence-electron chi connectivity index (χ2n) is 5.11. The fourth-order valence-corrected chi connectivity index (χ4v) is 2.73. The fourth-order valence-electron chi connectivity index (χ4n) is 2.73. The molecule has 2 nitrogen and oxygen atoms in total. The molecule has 0 saturated carbocycles. The van der Waals surface area contributed by atoms with Crippen molar-refractivity contribution >= 4 is 0 Å². The van der Waals surface area contributed by atoms with Gasteiger partial charge in [0.25, 0.3) is 0 Å². The molecule has 1 fully saturated rings. The van der Waals surface area contributed by atoms with Crippen LogP contribution in [0.1, 0.15) is 36.7 Å². The smallest absolute Gasteiger partial charge is 0.0378 e. The Morgan fingerprint density at radius 3 is 2.62 bits per heavy atom. The van der Waals surface area contributed by atoms with Crippen LogP contribution in [-0.2, 0) is 6.42 Å². The molecule has 1 aliphatic heterocycles. The third-order valence-corrected chi connectivity index (χ3v) is 3.56. The number of nitrogens with one attached hydrogen (secondary N) is 1. The lowest BCUT2D eigenvalue weighted by atomic mass is 9.86. The highest BCUT2D eigenvalue weighted by Gasteiger charge is 2.20. The van der Waals surface area contributed by atoms with Crippen molar-refractivity contribution in [3.05, 3.63) is 29.1 Å². The normalized spacial score (nSPS) is 25.7. The van der Waals surface area contributed by atoms with Crippen molar-refractivity contribution in [1.29, 1.82) is 0 Å². The molecule has 0 amide bonds. The van der Waals surface area contributed by atoms with Crippen LogP contribution in [0.5, 0.6) is 0 Å². The predicted octanol–water partition coefficient (Wildman–Crippen LogP) is 2.63. The number of aromatic nitrogens is 1. The number of rotatable bonds is 2. The summed E-state index contributed by atoms with van der Waals surface area (Å²) in [5, 5.41) is 3.57. The van der Waals surface area contributed by atoms with Gasteiger partial charge in [-0.15, -0.1) is 0 Å². The van der Waals surface area contributed by atoms with Gasteiger partial charge in [0.05, 0.1) is 0 Å². The fraction of sp³-hybridized carbons (Fsp3) is 0.643. The number of piperidine rings is 1. The number of hydrogen-bond acceptors (Lipinski definition) is 2. The van der Waals surface area contributed by atoms with Crippen molar-refractivity contribution in [1.82, 2.24) is 10.3 Å². The van der Waals surface area contributed by atoms with Crippen molar-refractivity contribution in [2.24, 2.45) is 5.92 Å². The molecule has 1 aliphatic rings. The average Bonchev–Trinajstić information content (AvgIpc) is 2.20. The van der Waals surface area contributed by atoms with E-state index in [0.29, 0.717) is 6.04 Å². The molecule has 1 saturated heterocycles. The van der Waals surface area contributed by atoms with E-state index in [2.05, 4.69) is 43.2 Å². The van der Waals surface area contributed by atoms with E-state index in [-0.39, 0.29) is 0 Å². The summed E-state index contributed by atoms with van der Waals surface area (Å²) < 4.78 is 0. The Morgan fingerprint density at radius 1 is 1.31 bits per heavy atom. The van der Waals surface area contributed by atoms with E-state index in [0.717, 1.165) is 17.3 Å². The van der Waals surface area contributed by atoms with Crippen LogP contribution in [0.25, 0.3) is 0 Å². The quantitative estimate of drug-likeness (QED) is 0.825. The molecule has 1 unspecified atom stereocenters. The minimum Gasteiger partial charge on any atom is -0.314 e. The third kappa shape index (κ3) is 2.82. The van der Waals surface area contributed by atoms with Gasteiger partial charge in [0.2, 0.25) is 0 Å². The largest absolute Gasteiger partial charge is 0.314 e. The minimum absolute atomic E-state index is 0.655. The molecular weight excluding hydrogens is 196 g/mol. The molecule has 1 aromatic heterocycles. The molecule has 0 radical (unpaired) electrons. The van der Waals surface area contributed by atoms with Crippen molar-refractivity contribution < 1.29 is 0 Å². The van der Waals surface area contributed by atoms with Crippen LogP contribution in [0.15, 0.2) is 12.1 Å². The van der Waals surface area contributed by atoms with E-state index in [9.17, 15) is 0 Å².